The fraction of sp³-hybridized carbons (Fsp3) is 0.588. The van der Waals surface area contributed by atoms with Crippen LogP contribution in [0.3, 0.4) is 0 Å². The monoisotopic (exact) mass is 342 g/mol. The first-order valence-corrected chi connectivity index (χ1v) is 7.70. The first kappa shape index (κ1) is 19.6. The zero-order valence-corrected chi connectivity index (χ0v) is 15.1. The molecule has 0 spiro atoms. The van der Waals surface area contributed by atoms with Crippen LogP contribution in [0.25, 0.3) is 0 Å². The van der Waals surface area contributed by atoms with Crippen LogP contribution in [0.1, 0.15) is 35.7 Å². The summed E-state index contributed by atoms with van der Waals surface area (Å²) in [5.74, 6) is 1.16. The number of hydrogen-bond donors (Lipinski definition) is 2. The van der Waals surface area contributed by atoms with Crippen molar-refractivity contribution in [3.8, 4) is 11.5 Å². The van der Waals surface area contributed by atoms with Crippen LogP contribution in [0.5, 0.6) is 11.5 Å². The van der Waals surface area contributed by atoms with Gasteiger partial charge in [-0.25, -0.2) is 0 Å². The number of carbonyl (C=O) groups is 1. The maximum absolute atomic E-state index is 12.5. The number of aryl methyl sites for hydroxylation is 1. The normalized spacial score (nSPS) is 16.2. The number of carbonyl (C=O) groups excluding carboxylic acids is 1. The van der Waals surface area contributed by atoms with E-state index in [1.807, 2.05) is 13.0 Å². The van der Waals surface area contributed by atoms with Crippen molar-refractivity contribution >= 4 is 18.3 Å². The number of ether oxygens (including phenoxy) is 2. The lowest BCUT2D eigenvalue weighted by atomic mass is 9.81. The van der Waals surface area contributed by atoms with E-state index in [0.717, 1.165) is 31.5 Å². The van der Waals surface area contributed by atoms with E-state index in [2.05, 4.69) is 17.6 Å². The van der Waals surface area contributed by atoms with Crippen LogP contribution in [-0.4, -0.2) is 39.8 Å². The van der Waals surface area contributed by atoms with Crippen LogP contribution in [0.2, 0.25) is 0 Å². The maximum Gasteiger partial charge on any atom is 0.251 e. The lowest BCUT2D eigenvalue weighted by molar-refractivity contribution is 0.0921. The average Bonchev–Trinajstić information content (AvgIpc) is 2.53. The molecule has 0 atom stereocenters. The first-order valence-electron chi connectivity index (χ1n) is 7.70. The molecule has 1 aromatic carbocycles. The molecule has 0 radical (unpaired) electrons. The highest BCUT2D eigenvalue weighted by atomic mass is 35.5. The molecule has 5 nitrogen and oxygen atoms in total. The van der Waals surface area contributed by atoms with Crippen LogP contribution < -0.4 is 20.1 Å². The fourth-order valence-corrected chi connectivity index (χ4v) is 2.82. The highest BCUT2D eigenvalue weighted by Gasteiger charge is 2.27. The molecule has 1 saturated heterocycles. The molecular weight excluding hydrogens is 316 g/mol. The molecule has 1 aromatic rings. The molecule has 2 rings (SSSR count). The lowest BCUT2D eigenvalue weighted by Gasteiger charge is -2.34. The van der Waals surface area contributed by atoms with Gasteiger partial charge in [-0.05, 0) is 56.0 Å². The summed E-state index contributed by atoms with van der Waals surface area (Å²) in [5.41, 5.74) is 1.69. The minimum absolute atomic E-state index is 0. The molecular formula is C17H27ClN2O3. The predicted octanol–water partition coefficient (Wildman–Crippen LogP) is 2.55. The van der Waals surface area contributed by atoms with E-state index in [4.69, 9.17) is 9.47 Å². The van der Waals surface area contributed by atoms with Crippen LogP contribution in [0, 0.1) is 12.3 Å². The molecule has 0 unspecified atom stereocenters. The van der Waals surface area contributed by atoms with Crippen molar-refractivity contribution in [1.82, 2.24) is 10.6 Å². The Morgan fingerprint density at radius 3 is 2.35 bits per heavy atom. The van der Waals surface area contributed by atoms with Gasteiger partial charge in [-0.3, -0.25) is 4.79 Å². The van der Waals surface area contributed by atoms with Gasteiger partial charge < -0.3 is 20.1 Å². The van der Waals surface area contributed by atoms with E-state index in [1.165, 1.54) is 0 Å². The van der Waals surface area contributed by atoms with Gasteiger partial charge in [0, 0.05) is 12.1 Å². The van der Waals surface area contributed by atoms with Crippen LogP contribution in [-0.2, 0) is 0 Å². The van der Waals surface area contributed by atoms with E-state index < -0.39 is 0 Å². The second-order valence-corrected chi connectivity index (χ2v) is 6.27. The van der Waals surface area contributed by atoms with Gasteiger partial charge >= 0.3 is 0 Å². The summed E-state index contributed by atoms with van der Waals surface area (Å²) in [6.07, 6.45) is 2.16. The van der Waals surface area contributed by atoms with Crippen LogP contribution in [0.15, 0.2) is 12.1 Å². The van der Waals surface area contributed by atoms with Gasteiger partial charge in [-0.2, -0.15) is 0 Å². The second kappa shape index (κ2) is 8.41. The fourth-order valence-electron chi connectivity index (χ4n) is 2.82. The van der Waals surface area contributed by atoms with Gasteiger partial charge in [-0.15, -0.1) is 12.4 Å². The Labute approximate surface area is 144 Å². The third kappa shape index (κ3) is 4.75. The Bertz CT molecular complexity index is 543. The smallest absolute Gasteiger partial charge is 0.251 e. The van der Waals surface area contributed by atoms with Crippen molar-refractivity contribution in [3.63, 3.8) is 0 Å². The molecule has 2 N–H and O–H groups in total. The quantitative estimate of drug-likeness (QED) is 0.863. The zero-order valence-electron chi connectivity index (χ0n) is 14.3. The summed E-state index contributed by atoms with van der Waals surface area (Å²) in [4.78, 5) is 12.5. The Kier molecular flexibility index (Phi) is 7.16. The van der Waals surface area contributed by atoms with Gasteiger partial charge in [0.25, 0.3) is 5.91 Å². The second-order valence-electron chi connectivity index (χ2n) is 6.27. The van der Waals surface area contributed by atoms with Gasteiger partial charge in [0.2, 0.25) is 0 Å². The highest BCUT2D eigenvalue weighted by molar-refractivity contribution is 5.96. The number of benzene rings is 1. The summed E-state index contributed by atoms with van der Waals surface area (Å²) in [6.45, 7) is 6.86. The molecule has 23 heavy (non-hydrogen) atoms. The van der Waals surface area contributed by atoms with E-state index in [0.29, 0.717) is 23.6 Å². The van der Waals surface area contributed by atoms with Crippen LogP contribution >= 0.6 is 12.4 Å². The number of hydrogen-bond acceptors (Lipinski definition) is 4. The molecule has 1 heterocycles. The Hall–Kier alpha value is -1.46. The third-order valence-electron chi connectivity index (χ3n) is 4.46. The van der Waals surface area contributed by atoms with Gasteiger partial charge in [-0.1, -0.05) is 6.92 Å². The molecule has 1 aliphatic rings. The maximum atomic E-state index is 12.5. The van der Waals surface area contributed by atoms with Crippen molar-refractivity contribution in [1.29, 1.82) is 0 Å². The highest BCUT2D eigenvalue weighted by Crippen LogP contribution is 2.31. The minimum Gasteiger partial charge on any atom is -0.493 e. The molecule has 0 aliphatic carbocycles. The van der Waals surface area contributed by atoms with Crippen molar-refractivity contribution in [2.75, 3.05) is 33.9 Å². The number of piperidine rings is 1. The Balaban J connectivity index is 0.00000264. The van der Waals surface area contributed by atoms with E-state index in [-0.39, 0.29) is 23.7 Å². The number of amides is 1. The number of halogens is 1. The Morgan fingerprint density at radius 1 is 1.22 bits per heavy atom. The molecule has 1 aliphatic heterocycles. The number of nitrogens with one attached hydrogen (secondary N) is 2. The topological polar surface area (TPSA) is 59.6 Å². The van der Waals surface area contributed by atoms with Crippen molar-refractivity contribution < 1.29 is 14.3 Å². The van der Waals surface area contributed by atoms with E-state index in [1.54, 1.807) is 20.3 Å². The summed E-state index contributed by atoms with van der Waals surface area (Å²) in [7, 11) is 3.17. The molecule has 130 valence electrons. The Morgan fingerprint density at radius 2 is 1.78 bits per heavy atom. The average molecular weight is 343 g/mol. The van der Waals surface area contributed by atoms with Gasteiger partial charge in [0.15, 0.2) is 11.5 Å². The third-order valence-corrected chi connectivity index (χ3v) is 4.46. The molecule has 0 saturated carbocycles. The minimum atomic E-state index is -0.0572. The molecule has 0 bridgehead atoms. The molecule has 1 amide bonds. The standard InChI is InChI=1S/C17H26N2O3.ClH/c1-12-9-14(21-3)15(22-4)10-13(12)16(20)19-11-17(2)5-7-18-8-6-17;/h9-10,18H,5-8,11H2,1-4H3,(H,19,20);1H. The number of rotatable bonds is 5. The summed E-state index contributed by atoms with van der Waals surface area (Å²) in [5, 5.41) is 6.43. The van der Waals surface area contributed by atoms with Gasteiger partial charge in [0.1, 0.15) is 0 Å². The lowest BCUT2D eigenvalue weighted by Crippen LogP contribution is -2.43. The molecule has 6 heteroatoms. The van der Waals surface area contributed by atoms with Crippen molar-refractivity contribution in [2.24, 2.45) is 5.41 Å². The zero-order chi connectivity index (χ0) is 16.2. The summed E-state index contributed by atoms with van der Waals surface area (Å²) >= 11 is 0. The largest absolute Gasteiger partial charge is 0.493 e. The molecule has 0 aromatic heterocycles. The molecule has 1 fully saturated rings. The van der Waals surface area contributed by atoms with Crippen molar-refractivity contribution in [3.05, 3.63) is 23.3 Å². The number of methoxy groups -OCH3 is 2. The van der Waals surface area contributed by atoms with Gasteiger partial charge in [0.05, 0.1) is 14.2 Å². The summed E-state index contributed by atoms with van der Waals surface area (Å²) < 4.78 is 10.5. The van der Waals surface area contributed by atoms with E-state index in [9.17, 15) is 4.79 Å². The SMILES string of the molecule is COc1cc(C)c(C(=O)NCC2(C)CCNCC2)cc1OC.Cl. The van der Waals surface area contributed by atoms with Crippen molar-refractivity contribution in [2.45, 2.75) is 26.7 Å². The summed E-state index contributed by atoms with van der Waals surface area (Å²) in [6, 6.07) is 3.58. The predicted molar refractivity (Wildman–Crippen MR) is 94.1 cm³/mol. The van der Waals surface area contributed by atoms with E-state index >= 15 is 0 Å². The van der Waals surface area contributed by atoms with Crippen LogP contribution in [0.4, 0.5) is 0 Å². The first-order chi connectivity index (χ1) is 10.5.